The predicted molar refractivity (Wildman–Crippen MR) is 155 cm³/mol. The van der Waals surface area contributed by atoms with Crippen molar-refractivity contribution in [2.24, 2.45) is 11.3 Å². The predicted octanol–water partition coefficient (Wildman–Crippen LogP) is 8.78. The summed E-state index contributed by atoms with van der Waals surface area (Å²) in [5, 5.41) is 4.45. The highest BCUT2D eigenvalue weighted by atomic mass is 35.5. The number of carbonyl (C=O) groups is 1. The largest absolute Gasteiger partial charge is 0.355 e. The average molecular weight is 499 g/mol. The van der Waals surface area contributed by atoms with Crippen molar-refractivity contribution in [3.05, 3.63) is 69.8 Å². The summed E-state index contributed by atoms with van der Waals surface area (Å²) in [6.45, 7) is 19.0. The maximum atomic E-state index is 9.74. The summed E-state index contributed by atoms with van der Waals surface area (Å²) in [4.78, 5) is 12.1. The minimum Gasteiger partial charge on any atom is -0.355 e. The van der Waals surface area contributed by atoms with Crippen molar-refractivity contribution in [2.45, 2.75) is 81.2 Å². The number of aldehydes is 1. The molecule has 194 valence electrons. The van der Waals surface area contributed by atoms with Gasteiger partial charge in [0.25, 0.3) is 0 Å². The van der Waals surface area contributed by atoms with E-state index in [9.17, 15) is 4.79 Å². The molecule has 35 heavy (non-hydrogen) atoms. The number of hydrogen-bond acceptors (Lipinski definition) is 3. The smallest absolute Gasteiger partial charge is 0.122 e. The third-order valence-corrected chi connectivity index (χ3v) is 5.75. The van der Waals surface area contributed by atoms with Gasteiger partial charge in [0, 0.05) is 41.0 Å². The van der Waals surface area contributed by atoms with E-state index in [4.69, 9.17) is 11.6 Å². The molecule has 0 aliphatic carbocycles. The first-order chi connectivity index (χ1) is 16.4. The molecule has 1 heterocycles. The van der Waals surface area contributed by atoms with Gasteiger partial charge in [-0.05, 0) is 68.0 Å². The molecule has 4 heteroatoms. The Morgan fingerprint density at radius 1 is 1.17 bits per heavy atom. The number of allylic oxidation sites excluding steroid dienone is 1. The molecule has 0 spiro atoms. The number of carbonyl (C=O) groups excluding carboxylic acids is 1. The lowest BCUT2D eigenvalue weighted by Crippen LogP contribution is -2.27. The molecule has 0 saturated heterocycles. The van der Waals surface area contributed by atoms with Gasteiger partial charge in [0.2, 0.25) is 0 Å². The topological polar surface area (TPSA) is 32.3 Å². The second kappa shape index (κ2) is 15.1. The highest BCUT2D eigenvalue weighted by molar-refractivity contribution is 6.32. The van der Waals surface area contributed by atoms with Crippen LogP contribution in [0, 0.1) is 18.3 Å². The Hall–Kier alpha value is -2.10. The zero-order valence-corrected chi connectivity index (χ0v) is 24.2. The monoisotopic (exact) mass is 498 g/mol. The Balaban J connectivity index is 0.000000467. The fraction of sp³-hybridized carbons (Fsp3) is 0.516. The summed E-state index contributed by atoms with van der Waals surface area (Å²) in [6.07, 6.45) is 6.19. The Labute approximate surface area is 220 Å². The van der Waals surface area contributed by atoms with Crippen LogP contribution in [-0.2, 0) is 17.8 Å². The van der Waals surface area contributed by atoms with Crippen molar-refractivity contribution in [1.29, 1.82) is 0 Å². The van der Waals surface area contributed by atoms with Gasteiger partial charge >= 0.3 is 0 Å². The number of aryl methyl sites for hydroxylation is 1. The van der Waals surface area contributed by atoms with Gasteiger partial charge in [-0.15, -0.1) is 0 Å². The van der Waals surface area contributed by atoms with Crippen LogP contribution in [0.3, 0.4) is 0 Å². The molecule has 0 fully saturated rings. The number of benzene rings is 2. The first-order valence-corrected chi connectivity index (χ1v) is 13.3. The number of likely N-dealkylation sites (N-methyl/N-ethyl adjacent to an activating group) is 1. The van der Waals surface area contributed by atoms with Crippen molar-refractivity contribution >= 4 is 29.3 Å². The number of rotatable bonds is 6. The van der Waals surface area contributed by atoms with Crippen LogP contribution in [0.25, 0.3) is 5.70 Å². The molecule has 3 nitrogen and oxygen atoms in total. The van der Waals surface area contributed by atoms with E-state index in [0.29, 0.717) is 5.41 Å². The molecular formula is C31H47ClN2O. The summed E-state index contributed by atoms with van der Waals surface area (Å²) in [6, 6.07) is 12.7. The van der Waals surface area contributed by atoms with Gasteiger partial charge in [-0.2, -0.15) is 0 Å². The second-order valence-corrected chi connectivity index (χ2v) is 11.5. The lowest BCUT2D eigenvalue weighted by atomic mass is 9.97. The minimum absolute atomic E-state index is 0.255. The molecule has 0 aromatic heterocycles. The van der Waals surface area contributed by atoms with E-state index in [1.165, 1.54) is 22.4 Å². The molecule has 0 radical (unpaired) electrons. The quantitative estimate of drug-likeness (QED) is 0.404. The van der Waals surface area contributed by atoms with Crippen LogP contribution < -0.4 is 5.32 Å². The van der Waals surface area contributed by atoms with E-state index in [1.807, 2.05) is 19.9 Å². The molecule has 3 rings (SSSR count). The fourth-order valence-corrected chi connectivity index (χ4v) is 3.61. The summed E-state index contributed by atoms with van der Waals surface area (Å²) in [5.74, 6) is 0.255. The Morgan fingerprint density at radius 2 is 1.83 bits per heavy atom. The van der Waals surface area contributed by atoms with Crippen molar-refractivity contribution < 1.29 is 4.79 Å². The van der Waals surface area contributed by atoms with E-state index in [1.54, 1.807) is 0 Å². The lowest BCUT2D eigenvalue weighted by molar-refractivity contribution is -0.110. The van der Waals surface area contributed by atoms with Gasteiger partial charge in [0.15, 0.2) is 0 Å². The zero-order chi connectivity index (χ0) is 26.6. The van der Waals surface area contributed by atoms with Crippen LogP contribution in [0.2, 0.25) is 5.02 Å². The Bertz CT molecular complexity index is 953. The number of halogens is 1. The third-order valence-electron chi connectivity index (χ3n) is 5.42. The van der Waals surface area contributed by atoms with E-state index in [2.05, 4.69) is 95.2 Å². The average Bonchev–Trinajstić information content (AvgIpc) is 2.79. The lowest BCUT2D eigenvalue weighted by Gasteiger charge is -2.27. The van der Waals surface area contributed by atoms with E-state index in [0.717, 1.165) is 54.9 Å². The SMILES string of the molecule is CC(C)(C)C.CC/C=C(\Nc1cccc2c1CCN(C)C2)c1cc(C)ccc1Cl.CCC(C)C=O. The zero-order valence-electron chi connectivity index (χ0n) is 23.5. The second-order valence-electron chi connectivity index (χ2n) is 11.1. The van der Waals surface area contributed by atoms with E-state index < -0.39 is 0 Å². The van der Waals surface area contributed by atoms with Crippen LogP contribution in [0.15, 0.2) is 42.5 Å². The Kier molecular flexibility index (Phi) is 13.4. The van der Waals surface area contributed by atoms with Crippen molar-refractivity contribution in [3.63, 3.8) is 0 Å². The summed E-state index contributed by atoms with van der Waals surface area (Å²) < 4.78 is 0. The molecular weight excluding hydrogens is 452 g/mol. The molecule has 0 saturated carbocycles. The van der Waals surface area contributed by atoms with Gasteiger partial charge < -0.3 is 15.0 Å². The van der Waals surface area contributed by atoms with E-state index >= 15 is 0 Å². The molecule has 1 aliphatic heterocycles. The maximum Gasteiger partial charge on any atom is 0.122 e. The molecule has 0 amide bonds. The van der Waals surface area contributed by atoms with Crippen molar-refractivity contribution in [1.82, 2.24) is 4.90 Å². The van der Waals surface area contributed by atoms with Gasteiger partial charge in [-0.3, -0.25) is 0 Å². The molecule has 1 aliphatic rings. The van der Waals surface area contributed by atoms with E-state index in [-0.39, 0.29) is 5.92 Å². The van der Waals surface area contributed by atoms with Crippen LogP contribution in [-0.4, -0.2) is 24.8 Å². The third kappa shape index (κ3) is 11.9. The first kappa shape index (κ1) is 30.9. The molecule has 2 aromatic rings. The summed E-state index contributed by atoms with van der Waals surface area (Å²) in [5.41, 5.74) is 7.94. The van der Waals surface area contributed by atoms with Crippen LogP contribution in [0.4, 0.5) is 5.69 Å². The summed E-state index contributed by atoms with van der Waals surface area (Å²) >= 11 is 6.47. The molecule has 1 atom stereocenters. The fourth-order valence-electron chi connectivity index (χ4n) is 3.39. The molecule has 1 N–H and O–H groups in total. The van der Waals surface area contributed by atoms with Crippen molar-refractivity contribution in [2.75, 3.05) is 18.9 Å². The number of nitrogens with zero attached hydrogens (tertiary/aromatic N) is 1. The standard InChI is InChI=1S/C21H25ClN2.C5H10O.C5H12/c1-4-6-20(18-13-15(2)9-10-19(18)22)23-21-8-5-7-16-14-24(3)12-11-17(16)21;1-3-5(2)4-6;1-5(2,3)4/h5-10,13,23H,4,11-12,14H2,1-3H3;4-5H,3H2,1-2H3;1-4H3/b20-6-;;. The highest BCUT2D eigenvalue weighted by Crippen LogP contribution is 2.31. The van der Waals surface area contributed by atoms with Gasteiger partial charge in [0.05, 0.1) is 0 Å². The van der Waals surface area contributed by atoms with Gasteiger partial charge in [0.1, 0.15) is 6.29 Å². The normalized spacial score (nSPS) is 14.5. The van der Waals surface area contributed by atoms with Crippen LogP contribution >= 0.6 is 11.6 Å². The van der Waals surface area contributed by atoms with Gasteiger partial charge in [-0.25, -0.2) is 0 Å². The van der Waals surface area contributed by atoms with Crippen molar-refractivity contribution in [3.8, 4) is 0 Å². The maximum absolute atomic E-state index is 9.74. The number of anilines is 1. The minimum atomic E-state index is 0.255. The molecule has 2 aromatic carbocycles. The first-order valence-electron chi connectivity index (χ1n) is 12.9. The summed E-state index contributed by atoms with van der Waals surface area (Å²) in [7, 11) is 2.18. The number of nitrogens with one attached hydrogen (secondary N) is 1. The highest BCUT2D eigenvalue weighted by Gasteiger charge is 2.17. The molecule has 0 bridgehead atoms. The Morgan fingerprint density at radius 3 is 2.37 bits per heavy atom. The van der Waals surface area contributed by atoms with Crippen LogP contribution in [0.1, 0.15) is 83.6 Å². The molecule has 1 unspecified atom stereocenters. The number of fused-ring (bicyclic) bond motifs is 1. The van der Waals surface area contributed by atoms with Gasteiger partial charge in [-0.1, -0.05) is 89.9 Å². The number of hydrogen-bond donors (Lipinski definition) is 1. The van der Waals surface area contributed by atoms with Crippen LogP contribution in [0.5, 0.6) is 0 Å².